The van der Waals surface area contributed by atoms with E-state index in [4.69, 9.17) is 52.7 Å². The number of benzene rings is 2. The number of unbranched alkanes of at least 4 members (excludes halogenated alkanes) is 1. The molecule has 4 bridgehead atoms. The third-order valence-electron chi connectivity index (χ3n) is 16.4. The Morgan fingerprint density at radius 2 is 1.64 bits per heavy atom. The van der Waals surface area contributed by atoms with E-state index in [-0.39, 0.29) is 74.9 Å². The molecule has 25 nitrogen and oxygen atoms in total. The van der Waals surface area contributed by atoms with Crippen molar-refractivity contribution in [2.24, 2.45) is 17.6 Å². The number of imide groups is 1. The first kappa shape index (κ1) is 70.6. The molecule has 7 N–H and O–H groups in total. The molecular weight excluding hydrogens is 1210 g/mol. The van der Waals surface area contributed by atoms with E-state index in [1.54, 1.807) is 52.8 Å². The van der Waals surface area contributed by atoms with Gasteiger partial charge in [-0.25, -0.2) is 23.6 Å². The van der Waals surface area contributed by atoms with Crippen LogP contribution in [-0.4, -0.2) is 162 Å². The fourth-order valence-corrected chi connectivity index (χ4v) is 11.3. The zero-order chi connectivity index (χ0) is 66.0. The van der Waals surface area contributed by atoms with Gasteiger partial charge in [0.2, 0.25) is 17.7 Å². The molecule has 0 aromatic heterocycles. The van der Waals surface area contributed by atoms with Crippen molar-refractivity contribution in [3.05, 3.63) is 86.2 Å². The number of fused-ring (bicyclic) bond motifs is 5. The van der Waals surface area contributed by atoms with E-state index in [9.17, 15) is 57.8 Å². The summed E-state index contributed by atoms with van der Waals surface area (Å²) in [5, 5.41) is 22.5. The van der Waals surface area contributed by atoms with Gasteiger partial charge in [-0.15, -0.1) is 5.06 Å². The van der Waals surface area contributed by atoms with Gasteiger partial charge in [0.25, 0.3) is 17.7 Å². The number of methoxy groups -OCH3 is 1. The number of aryl methyl sites for hydroxylation is 1. The topological polar surface area (TPSA) is 341 Å². The van der Waals surface area contributed by atoms with Gasteiger partial charge < -0.3 is 60.4 Å². The van der Waals surface area contributed by atoms with Crippen molar-refractivity contribution in [1.82, 2.24) is 31.2 Å². The molecule has 0 unspecified atom stereocenters. The number of ketones is 1. The Labute approximate surface area is 525 Å². The SMILES string of the molecule is CO[C@@H]1/C=C/C=C(\C)Cc2cc(C)c(Cl)c(c2)N(C)C(=O)C[C@H](OC(=O)[C@H](C)N(C)C(=O)c2cc(F)c(CC(=O)[C@H](CCCNC(N)=O)NC(=O)[C@@H](NC(=O)CCCCC(=O)ON3C(=O)CCC3=O)C(C)C)cc2Cl)[C@]2(C)O[C@H]2[C@H](C)[C@@H]2C[C@@]1(O)NC(=O)O2. The van der Waals surface area contributed by atoms with Crippen LogP contribution >= 0.6 is 23.2 Å². The number of epoxide rings is 1. The summed E-state index contributed by atoms with van der Waals surface area (Å²) in [6.45, 7) is 11.6. The number of hydrogen-bond acceptors (Lipinski definition) is 17. The molecule has 4 aliphatic heterocycles. The molecule has 10 atom stereocenters. The van der Waals surface area contributed by atoms with Crippen LogP contribution in [0, 0.1) is 24.6 Å². The summed E-state index contributed by atoms with van der Waals surface area (Å²) in [6, 6.07) is 0.747. The first-order chi connectivity index (χ1) is 41.8. The fraction of sp³-hybridized carbons (Fsp3) is 0.557. The number of anilines is 1. The number of nitrogens with two attached hydrogens (primary N) is 1. The molecule has 0 radical (unpaired) electrons. The molecule has 9 amide bonds. The number of hydroxylamine groups is 2. The van der Waals surface area contributed by atoms with E-state index in [2.05, 4.69) is 21.3 Å². The Morgan fingerprint density at radius 1 is 0.966 bits per heavy atom. The number of ether oxygens (including phenoxy) is 4. The second-order valence-corrected chi connectivity index (χ2v) is 24.3. The van der Waals surface area contributed by atoms with Gasteiger partial charge in [-0.2, -0.15) is 0 Å². The molecule has 0 saturated carbocycles. The van der Waals surface area contributed by atoms with E-state index in [1.807, 2.05) is 19.1 Å². The van der Waals surface area contributed by atoms with E-state index >= 15 is 4.39 Å². The third-order valence-corrected chi connectivity index (χ3v) is 17.2. The van der Waals surface area contributed by atoms with Crippen LogP contribution in [0.2, 0.25) is 10.0 Å². The van der Waals surface area contributed by atoms with E-state index < -0.39 is 155 Å². The number of urea groups is 1. The second kappa shape index (κ2) is 30.3. The lowest BCUT2D eigenvalue weighted by Gasteiger charge is -2.42. The Morgan fingerprint density at radius 3 is 2.29 bits per heavy atom. The average Bonchev–Trinajstić information content (AvgIpc) is 1.66. The van der Waals surface area contributed by atoms with Crippen LogP contribution in [-0.2, 0) is 75.0 Å². The molecule has 4 aliphatic rings. The summed E-state index contributed by atoms with van der Waals surface area (Å²) in [7, 11) is 4.15. The van der Waals surface area contributed by atoms with Gasteiger partial charge in [0.15, 0.2) is 11.5 Å². The molecule has 3 fully saturated rings. The highest BCUT2D eigenvalue weighted by Crippen LogP contribution is 2.49. The average molecular weight is 1290 g/mol. The second-order valence-electron chi connectivity index (χ2n) is 23.5. The molecule has 2 aromatic rings. The van der Waals surface area contributed by atoms with Crippen molar-refractivity contribution < 1.29 is 86.0 Å². The number of esters is 1. The first-order valence-corrected chi connectivity index (χ1v) is 30.0. The minimum absolute atomic E-state index is 0.00352. The number of hydrogen-bond donors (Lipinski definition) is 6. The van der Waals surface area contributed by atoms with Crippen molar-refractivity contribution in [3.8, 4) is 0 Å². The smallest absolute Gasteiger partial charge is 0.409 e. The summed E-state index contributed by atoms with van der Waals surface area (Å²) in [6.07, 6.45) is -0.981. The predicted molar refractivity (Wildman–Crippen MR) is 320 cm³/mol. The normalized spacial score (nSPS) is 24.8. The Balaban J connectivity index is 1.16. The van der Waals surface area contributed by atoms with Crippen molar-refractivity contribution >= 4 is 94.2 Å². The number of carbonyl (C=O) groups is 11. The number of primary amides is 1. The maximum absolute atomic E-state index is 16.3. The van der Waals surface area contributed by atoms with Crippen LogP contribution in [0.4, 0.5) is 19.7 Å². The molecule has 6 rings (SSSR count). The molecular formula is C61H79Cl2FN8O17. The number of allylic oxidation sites excluding steroid dienone is 3. The van der Waals surface area contributed by atoms with E-state index in [0.717, 1.165) is 28.2 Å². The number of nitrogens with zero attached hydrogens (tertiary/aromatic N) is 3. The molecule has 3 saturated heterocycles. The largest absolute Gasteiger partial charge is 0.457 e. The maximum Gasteiger partial charge on any atom is 0.409 e. The van der Waals surface area contributed by atoms with Crippen LogP contribution in [0.3, 0.4) is 0 Å². The summed E-state index contributed by atoms with van der Waals surface area (Å²) < 4.78 is 40.1. The van der Waals surface area contributed by atoms with Gasteiger partial charge in [0, 0.05) is 72.2 Å². The minimum Gasteiger partial charge on any atom is -0.457 e. The van der Waals surface area contributed by atoms with Gasteiger partial charge in [-0.05, 0) is 101 Å². The highest BCUT2D eigenvalue weighted by atomic mass is 35.5. The van der Waals surface area contributed by atoms with Crippen LogP contribution in [0.25, 0.3) is 0 Å². The highest BCUT2D eigenvalue weighted by Gasteiger charge is 2.64. The van der Waals surface area contributed by atoms with Crippen LogP contribution in [0.15, 0.2) is 48.1 Å². The number of nitrogens with one attached hydrogen (secondary N) is 4. The highest BCUT2D eigenvalue weighted by molar-refractivity contribution is 6.35. The predicted octanol–water partition coefficient (Wildman–Crippen LogP) is 5.27. The number of amides is 9. The number of aliphatic hydroxyl groups is 1. The van der Waals surface area contributed by atoms with E-state index in [1.165, 1.54) is 33.0 Å². The fourth-order valence-electron chi connectivity index (χ4n) is 10.8. The number of likely N-dealkylation sites (N-methyl/N-ethyl adjacent to an activating group) is 1. The minimum atomic E-state index is -1.94. The Kier molecular flexibility index (Phi) is 24.0. The monoisotopic (exact) mass is 1280 g/mol. The van der Waals surface area contributed by atoms with Gasteiger partial charge in [0.1, 0.15) is 41.8 Å². The lowest BCUT2D eigenvalue weighted by molar-refractivity contribution is -0.197. The third kappa shape index (κ3) is 17.9. The van der Waals surface area contributed by atoms with E-state index in [0.29, 0.717) is 27.8 Å². The van der Waals surface area contributed by atoms with Gasteiger partial charge in [-0.1, -0.05) is 73.8 Å². The summed E-state index contributed by atoms with van der Waals surface area (Å²) in [5.41, 5.74) is 3.94. The zero-order valence-corrected chi connectivity index (χ0v) is 53.0. The Hall–Kier alpha value is -7.52. The number of Topliss-reactive ketones (excluding diaryl/α,β-unsaturated/α-hetero) is 1. The first-order valence-electron chi connectivity index (χ1n) is 29.3. The van der Waals surface area contributed by atoms with Crippen LogP contribution in [0.5, 0.6) is 0 Å². The maximum atomic E-state index is 16.3. The summed E-state index contributed by atoms with van der Waals surface area (Å²) in [4.78, 5) is 151. The van der Waals surface area contributed by atoms with Crippen molar-refractivity contribution in [2.75, 3.05) is 32.6 Å². The molecule has 0 aliphatic carbocycles. The molecule has 2 aromatic carbocycles. The molecule has 89 heavy (non-hydrogen) atoms. The lowest BCUT2D eigenvalue weighted by atomic mass is 9.83. The molecule has 486 valence electrons. The van der Waals surface area contributed by atoms with Crippen LogP contribution in [0.1, 0.15) is 133 Å². The standard InChI is InChI=1S/C61H79Cl2FN8O17/c1-31(2)53(68-47(74)18-11-12-19-51(78)89-72-48(75)20-21-49(72)76)55(79)67-41(16-14-22-66-58(65)82)43(73)27-37-26-39(62)38(28-40(37)64)56(80)70(8)35(6)57(81)87-46-29-50(77)71(9)42-25-36(24-33(4)52(42)63)23-32(3)15-13-17-45(85-10)61(84)30-44(86-59(83)69-61)34(5)54-60(46,7)88-54/h13,15,17,24-26,28,31,34-35,41,44-46,53-54,84H,11-12,14,16,18-23,27,29-30H2,1-10H3,(H,67,79)(H,68,74)(H,69,83)(H3,65,66,82)/b17-13+,32-15+/t34-,35+,41+,44+,45-,46+,53+,54+,60+,61+/m1/s1. The molecule has 28 heteroatoms. The van der Waals surface area contributed by atoms with Crippen molar-refractivity contribution in [1.29, 1.82) is 0 Å². The van der Waals surface area contributed by atoms with Gasteiger partial charge in [-0.3, -0.25) is 38.9 Å². The number of rotatable bonds is 22. The lowest BCUT2D eigenvalue weighted by Crippen LogP contribution is -2.63. The quantitative estimate of drug-likeness (QED) is 0.0378. The number of alkyl carbamates (subject to hydrolysis) is 1. The molecule has 4 heterocycles. The number of halogens is 3. The molecule has 0 spiro atoms. The van der Waals surface area contributed by atoms with Gasteiger partial charge in [0.05, 0.1) is 39.9 Å². The van der Waals surface area contributed by atoms with Crippen LogP contribution < -0.4 is 31.9 Å². The zero-order valence-electron chi connectivity index (χ0n) is 51.5. The van der Waals surface area contributed by atoms with Crippen molar-refractivity contribution in [3.63, 3.8) is 0 Å². The number of carbonyl (C=O) groups excluding carboxylic acids is 11. The van der Waals surface area contributed by atoms with Crippen molar-refractivity contribution in [2.45, 2.75) is 179 Å². The summed E-state index contributed by atoms with van der Waals surface area (Å²) >= 11 is 13.5. The van der Waals surface area contributed by atoms with Gasteiger partial charge >= 0.3 is 24.1 Å². The Bertz CT molecular complexity index is 3150. The summed E-state index contributed by atoms with van der Waals surface area (Å²) in [5.74, 6) is -8.90.